The molecule has 0 spiro atoms. The van der Waals surface area contributed by atoms with Crippen LogP contribution in [0.4, 0.5) is 0 Å². The van der Waals surface area contributed by atoms with Crippen molar-refractivity contribution < 1.29 is 0 Å². The van der Waals surface area contributed by atoms with Crippen molar-refractivity contribution in [2.24, 2.45) is 5.92 Å². The average Bonchev–Trinajstić information content (AvgIpc) is 3.14. The highest BCUT2D eigenvalue weighted by Crippen LogP contribution is 2.41. The summed E-state index contributed by atoms with van der Waals surface area (Å²) >= 11 is 0. The van der Waals surface area contributed by atoms with Gasteiger partial charge in [0.05, 0.1) is 6.07 Å². The molecule has 2 fully saturated rings. The molecule has 0 amide bonds. The van der Waals surface area contributed by atoms with Gasteiger partial charge >= 0.3 is 0 Å². The minimum Gasteiger partial charge on any atom is -0.301 e. The topological polar surface area (TPSA) is 39.1 Å². The molecule has 17 heavy (non-hydrogen) atoms. The van der Waals surface area contributed by atoms with Crippen molar-refractivity contribution >= 4 is 0 Å². The van der Waals surface area contributed by atoms with Crippen LogP contribution in [0.2, 0.25) is 0 Å². The molecular weight excluding hydrogens is 210 g/mol. The first-order chi connectivity index (χ1) is 8.16. The summed E-state index contributed by atoms with van der Waals surface area (Å²) in [4.78, 5) is 2.57. The molecule has 2 rings (SSSR count). The lowest BCUT2D eigenvalue weighted by Crippen LogP contribution is -2.55. The molecule has 1 N–H and O–H groups in total. The minimum absolute atomic E-state index is 0.300. The highest BCUT2D eigenvalue weighted by molar-refractivity contribution is 5.17. The van der Waals surface area contributed by atoms with Gasteiger partial charge in [-0.05, 0) is 52.0 Å². The first-order valence-corrected chi connectivity index (χ1v) is 7.02. The van der Waals surface area contributed by atoms with Crippen molar-refractivity contribution in [2.75, 3.05) is 13.6 Å². The monoisotopic (exact) mass is 235 g/mol. The van der Waals surface area contributed by atoms with Crippen molar-refractivity contribution in [2.45, 2.75) is 63.6 Å². The van der Waals surface area contributed by atoms with Gasteiger partial charge in [0, 0.05) is 18.6 Å². The quantitative estimate of drug-likeness (QED) is 0.793. The van der Waals surface area contributed by atoms with Gasteiger partial charge in [-0.1, -0.05) is 6.92 Å². The van der Waals surface area contributed by atoms with Crippen LogP contribution in [0.15, 0.2) is 0 Å². The van der Waals surface area contributed by atoms with Gasteiger partial charge in [0.25, 0.3) is 0 Å². The summed E-state index contributed by atoms with van der Waals surface area (Å²) in [5.74, 6) is 0.572. The standard InChI is InChI=1S/C14H25N3/c1-4-13-8-5-11(2)17(13)10-14(9-15,16-3)12-6-7-12/h11-13,16H,4-8,10H2,1-3H3. The fourth-order valence-electron chi connectivity index (χ4n) is 3.31. The number of nitrogens with zero attached hydrogens (tertiary/aromatic N) is 2. The Hall–Kier alpha value is -0.590. The van der Waals surface area contributed by atoms with E-state index in [2.05, 4.69) is 30.1 Å². The second-order valence-electron chi connectivity index (χ2n) is 5.77. The van der Waals surface area contributed by atoms with Crippen LogP contribution in [0.3, 0.4) is 0 Å². The van der Waals surface area contributed by atoms with Crippen molar-refractivity contribution in [3.8, 4) is 6.07 Å². The van der Waals surface area contributed by atoms with E-state index in [-0.39, 0.29) is 5.54 Å². The highest BCUT2D eigenvalue weighted by atomic mass is 15.2. The minimum atomic E-state index is -0.300. The Morgan fingerprint density at radius 2 is 2.06 bits per heavy atom. The molecule has 1 aliphatic carbocycles. The predicted molar refractivity (Wildman–Crippen MR) is 69.6 cm³/mol. The van der Waals surface area contributed by atoms with Crippen LogP contribution in [0.25, 0.3) is 0 Å². The summed E-state index contributed by atoms with van der Waals surface area (Å²) in [6, 6.07) is 3.89. The van der Waals surface area contributed by atoms with Gasteiger partial charge in [0.1, 0.15) is 5.54 Å². The van der Waals surface area contributed by atoms with Crippen molar-refractivity contribution in [3.63, 3.8) is 0 Å². The van der Waals surface area contributed by atoms with Crippen molar-refractivity contribution in [1.82, 2.24) is 10.2 Å². The second-order valence-corrected chi connectivity index (χ2v) is 5.77. The summed E-state index contributed by atoms with van der Waals surface area (Å²) in [5, 5.41) is 12.9. The van der Waals surface area contributed by atoms with E-state index in [1.807, 2.05) is 7.05 Å². The van der Waals surface area contributed by atoms with E-state index in [1.54, 1.807) is 0 Å². The lowest BCUT2D eigenvalue weighted by atomic mass is 9.93. The van der Waals surface area contributed by atoms with Gasteiger partial charge < -0.3 is 5.32 Å². The molecule has 1 heterocycles. The van der Waals surface area contributed by atoms with Crippen LogP contribution in [0.1, 0.15) is 46.0 Å². The molecule has 3 atom stereocenters. The van der Waals surface area contributed by atoms with E-state index in [4.69, 9.17) is 0 Å². The number of nitriles is 1. The number of hydrogen-bond donors (Lipinski definition) is 1. The van der Waals surface area contributed by atoms with Crippen LogP contribution in [-0.2, 0) is 0 Å². The summed E-state index contributed by atoms with van der Waals surface area (Å²) in [6.07, 6.45) is 6.23. The predicted octanol–water partition coefficient (Wildman–Crippen LogP) is 2.14. The largest absolute Gasteiger partial charge is 0.301 e. The Kier molecular flexibility index (Phi) is 3.75. The summed E-state index contributed by atoms with van der Waals surface area (Å²) in [6.45, 7) is 5.48. The Morgan fingerprint density at radius 3 is 2.53 bits per heavy atom. The molecule has 0 bridgehead atoms. The van der Waals surface area contributed by atoms with E-state index in [0.717, 1.165) is 6.54 Å². The molecule has 3 nitrogen and oxygen atoms in total. The Balaban J connectivity index is 2.09. The Bertz CT molecular complexity index is 305. The van der Waals surface area contributed by atoms with Gasteiger partial charge in [-0.25, -0.2) is 0 Å². The Morgan fingerprint density at radius 1 is 1.35 bits per heavy atom. The van der Waals surface area contributed by atoms with Crippen molar-refractivity contribution in [3.05, 3.63) is 0 Å². The molecule has 0 aromatic heterocycles. The van der Waals surface area contributed by atoms with Gasteiger partial charge in [-0.15, -0.1) is 0 Å². The maximum Gasteiger partial charge on any atom is 0.122 e. The fraction of sp³-hybridized carbons (Fsp3) is 0.929. The maximum atomic E-state index is 9.55. The normalized spacial score (nSPS) is 33.3. The summed E-state index contributed by atoms with van der Waals surface area (Å²) < 4.78 is 0. The summed E-state index contributed by atoms with van der Waals surface area (Å²) in [5.41, 5.74) is -0.300. The van der Waals surface area contributed by atoms with Gasteiger partial charge in [-0.2, -0.15) is 5.26 Å². The van der Waals surface area contributed by atoms with Crippen LogP contribution in [-0.4, -0.2) is 36.1 Å². The molecule has 0 radical (unpaired) electrons. The van der Waals surface area contributed by atoms with Crippen LogP contribution < -0.4 is 5.32 Å². The third kappa shape index (κ3) is 2.34. The number of likely N-dealkylation sites (N-methyl/N-ethyl adjacent to an activating group) is 1. The van der Waals surface area contributed by atoms with E-state index in [0.29, 0.717) is 18.0 Å². The van der Waals surface area contributed by atoms with Gasteiger partial charge in [0.2, 0.25) is 0 Å². The lowest BCUT2D eigenvalue weighted by molar-refractivity contribution is 0.148. The molecule has 1 aliphatic heterocycles. The Labute approximate surface area is 105 Å². The molecule has 2 aliphatic rings. The van der Waals surface area contributed by atoms with E-state index in [9.17, 15) is 5.26 Å². The molecule has 96 valence electrons. The molecular formula is C14H25N3. The van der Waals surface area contributed by atoms with Crippen LogP contribution in [0.5, 0.6) is 0 Å². The van der Waals surface area contributed by atoms with E-state index in [1.165, 1.54) is 32.1 Å². The first kappa shape index (κ1) is 12.9. The number of nitrogens with one attached hydrogen (secondary N) is 1. The fourth-order valence-corrected chi connectivity index (χ4v) is 3.31. The van der Waals surface area contributed by atoms with Crippen molar-refractivity contribution in [1.29, 1.82) is 5.26 Å². The second kappa shape index (κ2) is 4.96. The molecule has 3 heteroatoms. The zero-order valence-corrected chi connectivity index (χ0v) is 11.4. The van der Waals surface area contributed by atoms with Crippen LogP contribution in [0, 0.1) is 17.2 Å². The number of rotatable bonds is 5. The number of likely N-dealkylation sites (tertiary alicyclic amines) is 1. The molecule has 0 aromatic rings. The molecule has 3 unspecified atom stereocenters. The molecule has 1 saturated heterocycles. The average molecular weight is 235 g/mol. The zero-order valence-electron chi connectivity index (χ0n) is 11.4. The summed E-state index contributed by atoms with van der Waals surface area (Å²) in [7, 11) is 1.95. The van der Waals surface area contributed by atoms with Gasteiger partial charge in [0.15, 0.2) is 0 Å². The van der Waals surface area contributed by atoms with Gasteiger partial charge in [-0.3, -0.25) is 4.90 Å². The lowest BCUT2D eigenvalue weighted by Gasteiger charge is -2.36. The first-order valence-electron chi connectivity index (χ1n) is 7.02. The maximum absolute atomic E-state index is 9.55. The third-order valence-corrected chi connectivity index (χ3v) is 4.78. The zero-order chi connectivity index (χ0) is 12.5. The smallest absolute Gasteiger partial charge is 0.122 e. The van der Waals surface area contributed by atoms with E-state index >= 15 is 0 Å². The van der Waals surface area contributed by atoms with Crippen LogP contribution >= 0.6 is 0 Å². The highest BCUT2D eigenvalue weighted by Gasteiger charge is 2.47. The SMILES string of the molecule is CCC1CCC(C)N1CC(C#N)(NC)C1CC1. The number of hydrogen-bond acceptors (Lipinski definition) is 3. The molecule has 1 saturated carbocycles. The molecule has 0 aromatic carbocycles. The third-order valence-electron chi connectivity index (χ3n) is 4.78. The van der Waals surface area contributed by atoms with E-state index < -0.39 is 0 Å².